The third kappa shape index (κ3) is 16.4. The summed E-state index contributed by atoms with van der Waals surface area (Å²) in [5.74, 6) is 4.44. The van der Waals surface area contributed by atoms with E-state index < -0.39 is 16.6 Å². The summed E-state index contributed by atoms with van der Waals surface area (Å²) in [6, 6.07) is 25.1. The summed E-state index contributed by atoms with van der Waals surface area (Å²) in [6.45, 7) is 1.19. The molecule has 6 aliphatic carbocycles. The minimum Gasteiger partial charge on any atom is -0.369 e. The number of rotatable bonds is 18. The number of nitrogens with zero attached hydrogens (tertiary/aromatic N) is 6. The molecule has 6 saturated carbocycles. The van der Waals surface area contributed by atoms with Crippen LogP contribution in [-0.2, 0) is 19.9 Å². The van der Waals surface area contributed by atoms with Gasteiger partial charge in [-0.15, -0.1) is 0 Å². The van der Waals surface area contributed by atoms with Gasteiger partial charge < -0.3 is 27.8 Å². The maximum atomic E-state index is 13.7. The molecule has 14 nitrogen and oxygen atoms in total. The number of aliphatic imine (C=N–C) groups is 3. The summed E-state index contributed by atoms with van der Waals surface area (Å²) in [5, 5.41) is 7.79. The van der Waals surface area contributed by atoms with Crippen LogP contribution in [0.5, 0.6) is 0 Å². The molecule has 3 aromatic carbocycles. The molecule has 478 valence electrons. The molecule has 0 bridgehead atoms. The SMILES string of the molecule is C.C.CN1C(=O)C(c2ccccc2)(c2cccc(-c3cccc(F)c3)c2)N=C1N.CN1C(=O)[C@@](CCC2CCCCC2)(C[C@H]2CCC[C@@H](NC3CCCCC3)C2)N=C1N.CN1C(=O)[C@@](CCC2CCCCC2)(C[C@H]2CCC[C@@H](NCC3CC3)C2)N=C1N. The van der Waals surface area contributed by atoms with Crippen LogP contribution in [0.25, 0.3) is 11.1 Å². The standard InChI is InChI=1S/C25H44N4O.C23H40N4O.C22H18FN3O.2CH4/c1-29-23(30)25(28-24(29)26,16-15-19-9-4-2-5-10-19)18-20-11-8-14-22(17-20)27-21-12-6-3-7-13-21;1-27-21(28)23(26-22(27)24,13-12-17-6-3-2-4-7-17)15-19-8-5-9-20(14-19)25-16-18-10-11-18;1-26-20(27)22(25-21(26)24,17-9-3-2-4-10-17)18-11-5-7-15(13-18)16-8-6-12-19(23)14-16;;/h19-22,27H,2-18H2,1H3,(H2,26,28);17-20,25H,2-16H2,1H3,(H2,24,26);2-14H,1H3,(H2,24,25);2*1H4/t20-,22+,25+;19-,20+,23+;;;/m00.../s1. The molecule has 1 unspecified atom stereocenters. The molecule has 3 aliphatic heterocycles. The summed E-state index contributed by atoms with van der Waals surface area (Å²) in [4.78, 5) is 58.5. The number of hydrogen-bond donors (Lipinski definition) is 5. The average molecular weight is 1200 g/mol. The Kier molecular flexibility index (Phi) is 23.7. The third-order valence-corrected chi connectivity index (χ3v) is 21.3. The predicted molar refractivity (Wildman–Crippen MR) is 354 cm³/mol. The molecule has 15 heteroatoms. The van der Waals surface area contributed by atoms with E-state index in [2.05, 4.69) is 15.6 Å². The Labute approximate surface area is 522 Å². The number of benzene rings is 3. The number of amides is 3. The summed E-state index contributed by atoms with van der Waals surface area (Å²) < 4.78 is 13.7. The molecule has 87 heavy (non-hydrogen) atoms. The molecular weight excluding hydrogens is 1090 g/mol. The molecule has 3 amide bonds. The van der Waals surface area contributed by atoms with Crippen molar-refractivity contribution in [2.45, 2.75) is 249 Å². The lowest BCUT2D eigenvalue weighted by molar-refractivity contribution is -0.132. The molecule has 6 fully saturated rings. The molecule has 3 heterocycles. The molecule has 7 atom stereocenters. The monoisotopic (exact) mass is 1200 g/mol. The summed E-state index contributed by atoms with van der Waals surface area (Å²) >= 11 is 0. The second kappa shape index (κ2) is 30.7. The second-order valence-electron chi connectivity index (χ2n) is 27.5. The molecule has 0 saturated heterocycles. The van der Waals surface area contributed by atoms with Gasteiger partial charge in [-0.25, -0.2) is 19.4 Å². The second-order valence-corrected chi connectivity index (χ2v) is 27.5. The van der Waals surface area contributed by atoms with Gasteiger partial charge in [0.2, 0.25) is 0 Å². The van der Waals surface area contributed by atoms with Gasteiger partial charge in [0.25, 0.3) is 17.7 Å². The normalized spacial score (nSPS) is 29.0. The van der Waals surface area contributed by atoms with Crippen LogP contribution in [0.2, 0.25) is 0 Å². The highest BCUT2D eigenvalue weighted by atomic mass is 19.1. The van der Waals surface area contributed by atoms with E-state index in [1.165, 1.54) is 184 Å². The van der Waals surface area contributed by atoms with Gasteiger partial charge in [-0.3, -0.25) is 29.1 Å². The lowest BCUT2D eigenvalue weighted by Gasteiger charge is -2.37. The summed E-state index contributed by atoms with van der Waals surface area (Å²) in [7, 11) is 5.21. The van der Waals surface area contributed by atoms with Crippen LogP contribution in [0, 0.1) is 35.4 Å². The summed E-state index contributed by atoms with van der Waals surface area (Å²) in [5.41, 5.74) is 18.8. The van der Waals surface area contributed by atoms with E-state index in [1.807, 2.05) is 60.7 Å². The van der Waals surface area contributed by atoms with Crippen molar-refractivity contribution in [3.63, 3.8) is 0 Å². The number of nitrogens with one attached hydrogen (secondary N) is 2. The zero-order valence-corrected chi connectivity index (χ0v) is 51.8. The van der Waals surface area contributed by atoms with Crippen molar-refractivity contribution in [1.82, 2.24) is 25.3 Å². The van der Waals surface area contributed by atoms with Gasteiger partial charge in [-0.2, -0.15) is 0 Å². The number of nitrogens with two attached hydrogens (primary N) is 3. The van der Waals surface area contributed by atoms with Crippen molar-refractivity contribution >= 4 is 35.6 Å². The first-order chi connectivity index (χ1) is 41.1. The van der Waals surface area contributed by atoms with Gasteiger partial charge in [-0.1, -0.05) is 185 Å². The maximum absolute atomic E-state index is 13.7. The number of hydrogen-bond acceptors (Lipinski definition) is 11. The van der Waals surface area contributed by atoms with E-state index >= 15 is 0 Å². The molecule has 9 aliphatic rings. The topological polar surface area (TPSA) is 200 Å². The number of carbonyl (C=O) groups excluding carboxylic acids is 3. The molecule has 12 rings (SSSR count). The first kappa shape index (κ1) is 67.3. The van der Waals surface area contributed by atoms with E-state index in [1.54, 1.807) is 37.0 Å². The van der Waals surface area contributed by atoms with Gasteiger partial charge in [0.05, 0.1) is 0 Å². The van der Waals surface area contributed by atoms with E-state index in [-0.39, 0.29) is 44.4 Å². The van der Waals surface area contributed by atoms with Crippen LogP contribution < -0.4 is 27.8 Å². The van der Waals surface area contributed by atoms with E-state index in [0.29, 0.717) is 41.4 Å². The van der Waals surface area contributed by atoms with Gasteiger partial charge >= 0.3 is 0 Å². The number of halogens is 1. The number of guanidine groups is 3. The quantitative estimate of drug-likeness (QED) is 0.0828. The third-order valence-electron chi connectivity index (χ3n) is 21.3. The van der Waals surface area contributed by atoms with Crippen LogP contribution in [0.15, 0.2) is 93.8 Å². The van der Waals surface area contributed by atoms with Crippen LogP contribution >= 0.6 is 0 Å². The van der Waals surface area contributed by atoms with Gasteiger partial charge in [0.15, 0.2) is 23.4 Å². The zero-order chi connectivity index (χ0) is 59.6. The molecule has 0 spiro atoms. The fraction of sp³-hybridized carbons (Fsp3) is 0.667. The van der Waals surface area contributed by atoms with E-state index in [4.69, 9.17) is 27.2 Å². The van der Waals surface area contributed by atoms with Gasteiger partial charge in [0.1, 0.15) is 16.9 Å². The highest BCUT2D eigenvalue weighted by Gasteiger charge is 2.51. The Morgan fingerprint density at radius 2 is 0.920 bits per heavy atom. The van der Waals surface area contributed by atoms with E-state index in [9.17, 15) is 18.8 Å². The highest BCUT2D eigenvalue weighted by molar-refractivity contribution is 6.09. The highest BCUT2D eigenvalue weighted by Crippen LogP contribution is 2.44. The van der Waals surface area contributed by atoms with Crippen LogP contribution in [0.3, 0.4) is 0 Å². The Morgan fingerprint density at radius 3 is 1.41 bits per heavy atom. The summed E-state index contributed by atoms with van der Waals surface area (Å²) in [6.07, 6.45) is 39.0. The Morgan fingerprint density at radius 1 is 0.471 bits per heavy atom. The van der Waals surface area contributed by atoms with Gasteiger partial charge in [0, 0.05) is 39.3 Å². The molecule has 0 aromatic heterocycles. The smallest absolute Gasteiger partial charge is 0.266 e. The van der Waals surface area contributed by atoms with Crippen molar-refractivity contribution in [1.29, 1.82) is 0 Å². The van der Waals surface area contributed by atoms with Crippen molar-refractivity contribution < 1.29 is 18.8 Å². The lowest BCUT2D eigenvalue weighted by Crippen LogP contribution is -2.46. The van der Waals surface area contributed by atoms with E-state index in [0.717, 1.165) is 79.0 Å². The maximum Gasteiger partial charge on any atom is 0.266 e. The Bertz CT molecular complexity index is 2820. The molecule has 3 aromatic rings. The number of carbonyl (C=O) groups is 3. The fourth-order valence-electron chi connectivity index (χ4n) is 16.1. The Hall–Kier alpha value is -5.67. The van der Waals surface area contributed by atoms with Crippen molar-refractivity contribution in [2.24, 2.45) is 61.8 Å². The minimum atomic E-state index is -1.25. The Balaban J connectivity index is 0.000000168. The molecule has 8 N–H and O–H groups in total. The predicted octanol–water partition coefficient (Wildman–Crippen LogP) is 13.4. The van der Waals surface area contributed by atoms with Crippen LogP contribution in [0.1, 0.15) is 225 Å². The first-order valence-electron chi connectivity index (χ1n) is 33.5. The van der Waals surface area contributed by atoms with Crippen LogP contribution in [0.4, 0.5) is 4.39 Å². The fourth-order valence-corrected chi connectivity index (χ4v) is 16.1. The van der Waals surface area contributed by atoms with Crippen molar-refractivity contribution in [3.8, 4) is 11.1 Å². The molecule has 0 radical (unpaired) electrons. The minimum absolute atomic E-state index is 0. The largest absolute Gasteiger partial charge is 0.369 e. The zero-order valence-electron chi connectivity index (χ0n) is 51.8. The number of likely N-dealkylation sites (N-methyl/N-ethyl adjacent to an activating group) is 3. The molecular formula is C72H110FN11O3. The first-order valence-corrected chi connectivity index (χ1v) is 33.5. The lowest BCUT2D eigenvalue weighted by atomic mass is 9.74. The van der Waals surface area contributed by atoms with Crippen molar-refractivity contribution in [3.05, 3.63) is 95.8 Å². The van der Waals surface area contributed by atoms with Crippen LogP contribution in [-0.4, -0.2) is 107 Å². The van der Waals surface area contributed by atoms with Crippen molar-refractivity contribution in [2.75, 3.05) is 27.7 Å². The van der Waals surface area contributed by atoms with Gasteiger partial charge in [-0.05, 0) is 166 Å². The average Bonchev–Trinajstić information content (AvgIpc) is 1.78.